The molecule has 2 aromatic rings. The van der Waals surface area contributed by atoms with Gasteiger partial charge in [0.15, 0.2) is 0 Å². The first-order valence-corrected chi connectivity index (χ1v) is 9.94. The van der Waals surface area contributed by atoms with E-state index in [1.54, 1.807) is 0 Å². The summed E-state index contributed by atoms with van der Waals surface area (Å²) in [5, 5.41) is 11.0. The van der Waals surface area contributed by atoms with Crippen LogP contribution in [0.2, 0.25) is 0 Å². The molecule has 2 aromatic carbocycles. The van der Waals surface area contributed by atoms with Crippen LogP contribution in [-0.2, 0) is 17.3 Å². The summed E-state index contributed by atoms with van der Waals surface area (Å²) in [6.07, 6.45) is 2.89. The molecule has 1 nitrogen and oxygen atoms in total. The summed E-state index contributed by atoms with van der Waals surface area (Å²) in [5.41, 5.74) is 7.43. The number of benzene rings is 2. The van der Waals surface area contributed by atoms with Crippen molar-refractivity contribution in [2.45, 2.75) is 85.5 Å². The maximum absolute atomic E-state index is 11.0. The molecule has 1 heteroatoms. The van der Waals surface area contributed by atoms with Crippen LogP contribution in [0.4, 0.5) is 0 Å². The number of phenols is 1. The third-order valence-corrected chi connectivity index (χ3v) is 6.14. The van der Waals surface area contributed by atoms with E-state index in [2.05, 4.69) is 85.7 Å². The molecule has 0 saturated heterocycles. The summed E-state index contributed by atoms with van der Waals surface area (Å²) in [5.74, 6) is 0.472. The Hall–Kier alpha value is -1.76. The smallest absolute Gasteiger partial charge is 0.122 e. The third kappa shape index (κ3) is 4.31. The van der Waals surface area contributed by atoms with Gasteiger partial charge in [-0.2, -0.15) is 0 Å². The number of aromatic hydroxyl groups is 1. The minimum Gasteiger partial charge on any atom is -0.507 e. The van der Waals surface area contributed by atoms with Gasteiger partial charge in [0.25, 0.3) is 0 Å². The van der Waals surface area contributed by atoms with Gasteiger partial charge in [-0.25, -0.2) is 0 Å². The Morgan fingerprint density at radius 1 is 0.769 bits per heavy atom. The van der Waals surface area contributed by atoms with Crippen molar-refractivity contribution >= 4 is 0 Å². The molecule has 0 aromatic heterocycles. The van der Waals surface area contributed by atoms with Crippen LogP contribution in [-0.4, -0.2) is 5.11 Å². The number of aryl methyl sites for hydroxylation is 2. The van der Waals surface area contributed by atoms with Gasteiger partial charge in [-0.3, -0.25) is 0 Å². The Labute approximate surface area is 160 Å². The quantitative estimate of drug-likeness (QED) is 0.595. The van der Waals surface area contributed by atoms with E-state index in [1.165, 1.54) is 22.3 Å². The maximum Gasteiger partial charge on any atom is 0.122 e. The first-order chi connectivity index (χ1) is 12.0. The number of rotatable bonds is 6. The van der Waals surface area contributed by atoms with Crippen molar-refractivity contribution < 1.29 is 5.11 Å². The van der Waals surface area contributed by atoms with E-state index < -0.39 is 0 Å². The highest BCUT2D eigenvalue weighted by atomic mass is 16.3. The van der Waals surface area contributed by atoms with E-state index in [1.807, 2.05) is 0 Å². The van der Waals surface area contributed by atoms with Gasteiger partial charge in [-0.15, -0.1) is 0 Å². The van der Waals surface area contributed by atoms with E-state index in [0.717, 1.165) is 30.4 Å². The Bertz CT molecular complexity index is 781. The Morgan fingerprint density at radius 3 is 1.92 bits per heavy atom. The summed E-state index contributed by atoms with van der Waals surface area (Å²) in [6, 6.07) is 11.2. The second-order valence-electron chi connectivity index (χ2n) is 9.18. The van der Waals surface area contributed by atoms with Crippen LogP contribution >= 0.6 is 0 Å². The zero-order valence-electron chi connectivity index (χ0n) is 18.0. The lowest BCUT2D eigenvalue weighted by Crippen LogP contribution is -2.17. The number of hydrogen-bond acceptors (Lipinski definition) is 1. The van der Waals surface area contributed by atoms with Crippen molar-refractivity contribution in [3.8, 4) is 5.75 Å². The van der Waals surface area contributed by atoms with E-state index in [9.17, 15) is 5.11 Å². The molecule has 0 aliphatic rings. The average Bonchev–Trinajstić information content (AvgIpc) is 2.57. The second kappa shape index (κ2) is 7.47. The highest BCUT2D eigenvalue weighted by molar-refractivity contribution is 5.49. The SMILES string of the molecule is CCC(C)(C)c1cc(C)cc(Cc2cc(C)cc(C(C)(C)CC)c2O)c1. The highest BCUT2D eigenvalue weighted by Gasteiger charge is 2.24. The maximum atomic E-state index is 11.0. The molecule has 0 atom stereocenters. The summed E-state index contributed by atoms with van der Waals surface area (Å²) >= 11 is 0. The number of phenolic OH excluding ortho intramolecular Hbond substituents is 1. The van der Waals surface area contributed by atoms with Crippen molar-refractivity contribution in [1.29, 1.82) is 0 Å². The van der Waals surface area contributed by atoms with Gasteiger partial charge in [0.05, 0.1) is 0 Å². The topological polar surface area (TPSA) is 20.2 Å². The molecule has 0 aliphatic carbocycles. The predicted molar refractivity (Wildman–Crippen MR) is 113 cm³/mol. The Morgan fingerprint density at radius 2 is 1.35 bits per heavy atom. The van der Waals surface area contributed by atoms with Crippen LogP contribution in [0.3, 0.4) is 0 Å². The van der Waals surface area contributed by atoms with Gasteiger partial charge >= 0.3 is 0 Å². The van der Waals surface area contributed by atoms with Crippen molar-refractivity contribution in [2.75, 3.05) is 0 Å². The second-order valence-corrected chi connectivity index (χ2v) is 9.18. The molecular formula is C25H36O. The third-order valence-electron chi connectivity index (χ3n) is 6.14. The van der Waals surface area contributed by atoms with Gasteiger partial charge in [0, 0.05) is 12.0 Å². The minimum absolute atomic E-state index is 0.0210. The monoisotopic (exact) mass is 352 g/mol. The summed E-state index contributed by atoms with van der Waals surface area (Å²) in [7, 11) is 0. The van der Waals surface area contributed by atoms with Crippen LogP contribution in [0.25, 0.3) is 0 Å². The Kier molecular flexibility index (Phi) is 5.90. The predicted octanol–water partition coefficient (Wildman–Crippen LogP) is 6.98. The van der Waals surface area contributed by atoms with Crippen LogP contribution in [0.1, 0.15) is 87.8 Å². The van der Waals surface area contributed by atoms with Crippen molar-refractivity contribution in [2.24, 2.45) is 0 Å². The normalized spacial score (nSPS) is 12.5. The molecule has 0 bridgehead atoms. The van der Waals surface area contributed by atoms with E-state index in [-0.39, 0.29) is 10.8 Å². The van der Waals surface area contributed by atoms with Crippen molar-refractivity contribution in [3.63, 3.8) is 0 Å². The molecule has 0 amide bonds. The number of hydrogen-bond donors (Lipinski definition) is 1. The Balaban J connectivity index is 2.50. The molecule has 0 aliphatic heterocycles. The van der Waals surface area contributed by atoms with Crippen molar-refractivity contribution in [3.05, 3.63) is 63.7 Å². The minimum atomic E-state index is -0.0210. The lowest BCUT2D eigenvalue weighted by molar-refractivity contribution is 0.424. The molecule has 26 heavy (non-hydrogen) atoms. The first kappa shape index (κ1) is 20.6. The molecule has 1 N–H and O–H groups in total. The summed E-state index contributed by atoms with van der Waals surface area (Å²) < 4.78 is 0. The lowest BCUT2D eigenvalue weighted by atomic mass is 9.79. The standard InChI is InChI=1S/C25H36O/c1-9-24(5,6)21-13-17(3)11-19(16-21)15-20-12-18(4)14-22(23(20)26)25(7,8)10-2/h11-14,16,26H,9-10,15H2,1-8H3. The van der Waals surface area contributed by atoms with E-state index >= 15 is 0 Å². The molecular weight excluding hydrogens is 316 g/mol. The van der Waals surface area contributed by atoms with Crippen LogP contribution in [0.5, 0.6) is 5.75 Å². The molecule has 0 radical (unpaired) electrons. The molecule has 0 spiro atoms. The van der Waals surface area contributed by atoms with Gasteiger partial charge < -0.3 is 5.11 Å². The lowest BCUT2D eigenvalue weighted by Gasteiger charge is -2.27. The molecule has 142 valence electrons. The van der Waals surface area contributed by atoms with E-state index in [4.69, 9.17) is 0 Å². The van der Waals surface area contributed by atoms with Gasteiger partial charge in [0.1, 0.15) is 5.75 Å². The fraction of sp³-hybridized carbons (Fsp3) is 0.520. The fourth-order valence-electron chi connectivity index (χ4n) is 3.47. The largest absolute Gasteiger partial charge is 0.507 e. The molecule has 0 saturated carbocycles. The summed E-state index contributed by atoms with van der Waals surface area (Å²) in [4.78, 5) is 0. The van der Waals surface area contributed by atoms with Crippen LogP contribution in [0, 0.1) is 13.8 Å². The zero-order chi connectivity index (χ0) is 19.7. The van der Waals surface area contributed by atoms with E-state index in [0.29, 0.717) is 5.75 Å². The van der Waals surface area contributed by atoms with Crippen molar-refractivity contribution in [1.82, 2.24) is 0 Å². The van der Waals surface area contributed by atoms with Crippen LogP contribution < -0.4 is 0 Å². The molecule has 0 unspecified atom stereocenters. The molecule has 2 rings (SSSR count). The van der Waals surface area contributed by atoms with Crippen LogP contribution in [0.15, 0.2) is 30.3 Å². The van der Waals surface area contributed by atoms with Gasteiger partial charge in [-0.05, 0) is 54.2 Å². The molecule has 0 fully saturated rings. The van der Waals surface area contributed by atoms with Gasteiger partial charge in [0.2, 0.25) is 0 Å². The highest BCUT2D eigenvalue weighted by Crippen LogP contribution is 2.38. The fourth-order valence-corrected chi connectivity index (χ4v) is 3.47. The zero-order valence-corrected chi connectivity index (χ0v) is 18.0. The first-order valence-electron chi connectivity index (χ1n) is 9.94. The van der Waals surface area contributed by atoms with Gasteiger partial charge in [-0.1, -0.05) is 83.0 Å². The average molecular weight is 353 g/mol. The molecule has 0 heterocycles. The summed E-state index contributed by atoms with van der Waals surface area (Å²) in [6.45, 7) is 17.7.